The summed E-state index contributed by atoms with van der Waals surface area (Å²) < 4.78 is 49.0. The molecular formula is C20H17F3N2O2S. The lowest BCUT2D eigenvalue weighted by atomic mass is 10.1. The van der Waals surface area contributed by atoms with Gasteiger partial charge in [0.05, 0.1) is 25.5 Å². The highest BCUT2D eigenvalue weighted by Crippen LogP contribution is 2.33. The molecule has 3 rings (SSSR count). The van der Waals surface area contributed by atoms with Crippen LogP contribution >= 0.6 is 11.8 Å². The number of rotatable bonds is 6. The Bertz CT molecular complexity index is 947. The van der Waals surface area contributed by atoms with E-state index < -0.39 is 11.7 Å². The molecule has 0 atom stereocenters. The van der Waals surface area contributed by atoms with Crippen LogP contribution in [0.3, 0.4) is 0 Å². The summed E-state index contributed by atoms with van der Waals surface area (Å²) in [6.07, 6.45) is -4.35. The van der Waals surface area contributed by atoms with E-state index in [1.807, 2.05) is 0 Å². The number of benzene rings is 2. The Hall–Kier alpha value is -2.74. The second-order valence-electron chi connectivity index (χ2n) is 5.81. The maximum absolute atomic E-state index is 12.8. The molecule has 0 aliphatic carbocycles. The zero-order valence-electron chi connectivity index (χ0n) is 15.2. The maximum Gasteiger partial charge on any atom is 0.416 e. The fraction of sp³-hybridized carbons (Fsp3) is 0.200. The van der Waals surface area contributed by atoms with Gasteiger partial charge < -0.3 is 9.47 Å². The van der Waals surface area contributed by atoms with Gasteiger partial charge in [0.25, 0.3) is 0 Å². The second kappa shape index (κ2) is 8.52. The van der Waals surface area contributed by atoms with Gasteiger partial charge in [-0.15, -0.1) is 10.2 Å². The molecule has 0 fully saturated rings. The molecular weight excluding hydrogens is 389 g/mol. The molecule has 0 bridgehead atoms. The monoisotopic (exact) mass is 406 g/mol. The van der Waals surface area contributed by atoms with Gasteiger partial charge in [0, 0.05) is 11.3 Å². The molecule has 4 nitrogen and oxygen atoms in total. The van der Waals surface area contributed by atoms with E-state index in [4.69, 9.17) is 9.47 Å². The van der Waals surface area contributed by atoms with Gasteiger partial charge in [0.2, 0.25) is 0 Å². The zero-order chi connectivity index (χ0) is 20.1. The summed E-state index contributed by atoms with van der Waals surface area (Å²) in [5.41, 5.74) is 1.26. The minimum Gasteiger partial charge on any atom is -0.497 e. The lowest BCUT2D eigenvalue weighted by Crippen LogP contribution is -2.04. The second-order valence-corrected chi connectivity index (χ2v) is 6.81. The fourth-order valence-corrected chi connectivity index (χ4v) is 3.31. The molecule has 1 aromatic heterocycles. The van der Waals surface area contributed by atoms with Crippen LogP contribution in [-0.2, 0) is 11.9 Å². The minimum absolute atomic E-state index is 0.362. The standard InChI is InChI=1S/C20H17F3N2O2S/c1-26-15-6-8-18(27-2)16(11-15)17-7-9-19(25-24-17)28-12-13-4-3-5-14(10-13)20(21,22)23/h3-11H,12H2,1-2H3. The summed E-state index contributed by atoms with van der Waals surface area (Å²) in [5, 5.41) is 9.00. The Kier molecular flexibility index (Phi) is 6.08. The summed E-state index contributed by atoms with van der Waals surface area (Å²) in [5.74, 6) is 1.67. The molecule has 0 N–H and O–H groups in total. The Morgan fingerprint density at radius 2 is 1.75 bits per heavy atom. The Morgan fingerprint density at radius 1 is 0.929 bits per heavy atom. The van der Waals surface area contributed by atoms with Gasteiger partial charge in [-0.1, -0.05) is 30.0 Å². The predicted molar refractivity (Wildman–Crippen MR) is 102 cm³/mol. The first-order chi connectivity index (χ1) is 13.4. The van der Waals surface area contributed by atoms with E-state index in [0.717, 1.165) is 17.7 Å². The Balaban J connectivity index is 1.74. The average molecular weight is 406 g/mol. The quantitative estimate of drug-likeness (QED) is 0.508. The van der Waals surface area contributed by atoms with E-state index >= 15 is 0 Å². The number of ether oxygens (including phenoxy) is 2. The number of alkyl halides is 3. The number of thioether (sulfide) groups is 1. The van der Waals surface area contributed by atoms with Crippen molar-refractivity contribution >= 4 is 11.8 Å². The number of aromatic nitrogens is 2. The van der Waals surface area contributed by atoms with Crippen LogP contribution in [0.25, 0.3) is 11.3 Å². The van der Waals surface area contributed by atoms with E-state index in [1.165, 1.54) is 17.8 Å². The lowest BCUT2D eigenvalue weighted by Gasteiger charge is -2.10. The first-order valence-corrected chi connectivity index (χ1v) is 9.24. The van der Waals surface area contributed by atoms with Crippen molar-refractivity contribution < 1.29 is 22.6 Å². The number of nitrogens with zero attached hydrogens (tertiary/aromatic N) is 2. The molecule has 0 saturated carbocycles. The molecule has 0 aliphatic heterocycles. The summed E-state index contributed by atoms with van der Waals surface area (Å²) in [6, 6.07) is 14.2. The first kappa shape index (κ1) is 20.0. The van der Waals surface area contributed by atoms with Gasteiger partial charge in [-0.2, -0.15) is 13.2 Å². The molecule has 8 heteroatoms. The van der Waals surface area contributed by atoms with Crippen LogP contribution < -0.4 is 9.47 Å². The third-order valence-corrected chi connectivity index (χ3v) is 4.95. The van der Waals surface area contributed by atoms with Gasteiger partial charge in [-0.25, -0.2) is 0 Å². The highest BCUT2D eigenvalue weighted by atomic mass is 32.2. The Morgan fingerprint density at radius 3 is 2.39 bits per heavy atom. The van der Waals surface area contributed by atoms with Crippen molar-refractivity contribution in [2.24, 2.45) is 0 Å². The highest BCUT2D eigenvalue weighted by molar-refractivity contribution is 7.98. The number of halogens is 3. The summed E-state index contributed by atoms with van der Waals surface area (Å²) in [4.78, 5) is 0. The smallest absolute Gasteiger partial charge is 0.416 e. The lowest BCUT2D eigenvalue weighted by molar-refractivity contribution is -0.137. The van der Waals surface area contributed by atoms with Crippen LogP contribution in [0, 0.1) is 0 Å². The summed E-state index contributed by atoms with van der Waals surface area (Å²) >= 11 is 1.32. The molecule has 28 heavy (non-hydrogen) atoms. The van der Waals surface area contributed by atoms with Crippen LogP contribution in [0.2, 0.25) is 0 Å². The van der Waals surface area contributed by atoms with Gasteiger partial charge in [0.1, 0.15) is 16.5 Å². The van der Waals surface area contributed by atoms with Crippen LogP contribution in [0.5, 0.6) is 11.5 Å². The molecule has 3 aromatic rings. The third-order valence-electron chi connectivity index (χ3n) is 3.96. The van der Waals surface area contributed by atoms with Crippen molar-refractivity contribution in [2.75, 3.05) is 14.2 Å². The molecule has 0 amide bonds. The normalized spacial score (nSPS) is 11.3. The van der Waals surface area contributed by atoms with E-state index in [1.54, 1.807) is 50.6 Å². The van der Waals surface area contributed by atoms with Gasteiger partial charge in [-0.05, 0) is 42.0 Å². The van der Waals surface area contributed by atoms with Crippen molar-refractivity contribution in [1.82, 2.24) is 10.2 Å². The van der Waals surface area contributed by atoms with E-state index in [0.29, 0.717) is 33.5 Å². The average Bonchev–Trinajstić information content (AvgIpc) is 2.71. The summed E-state index contributed by atoms with van der Waals surface area (Å²) in [7, 11) is 3.14. The number of hydrogen-bond donors (Lipinski definition) is 0. The van der Waals surface area contributed by atoms with Gasteiger partial charge in [0.15, 0.2) is 0 Å². The fourth-order valence-electron chi connectivity index (χ4n) is 2.55. The van der Waals surface area contributed by atoms with Gasteiger partial charge in [-0.3, -0.25) is 0 Å². The van der Waals surface area contributed by atoms with Crippen molar-refractivity contribution in [3.05, 3.63) is 65.7 Å². The number of methoxy groups -OCH3 is 2. The molecule has 0 aliphatic rings. The predicted octanol–water partition coefficient (Wildman–Crippen LogP) is 5.47. The van der Waals surface area contributed by atoms with Crippen molar-refractivity contribution in [3.63, 3.8) is 0 Å². The topological polar surface area (TPSA) is 44.2 Å². The van der Waals surface area contributed by atoms with Crippen molar-refractivity contribution in [2.45, 2.75) is 17.0 Å². The number of hydrogen-bond acceptors (Lipinski definition) is 5. The summed E-state index contributed by atoms with van der Waals surface area (Å²) in [6.45, 7) is 0. The van der Waals surface area contributed by atoms with E-state index in [-0.39, 0.29) is 0 Å². The van der Waals surface area contributed by atoms with Crippen LogP contribution in [-0.4, -0.2) is 24.4 Å². The molecule has 0 unspecified atom stereocenters. The molecule has 0 spiro atoms. The largest absolute Gasteiger partial charge is 0.497 e. The minimum atomic E-state index is -4.35. The molecule has 0 radical (unpaired) electrons. The van der Waals surface area contributed by atoms with E-state index in [9.17, 15) is 13.2 Å². The van der Waals surface area contributed by atoms with Crippen LogP contribution in [0.4, 0.5) is 13.2 Å². The van der Waals surface area contributed by atoms with E-state index in [2.05, 4.69) is 10.2 Å². The van der Waals surface area contributed by atoms with Crippen LogP contribution in [0.1, 0.15) is 11.1 Å². The highest BCUT2D eigenvalue weighted by Gasteiger charge is 2.30. The molecule has 146 valence electrons. The first-order valence-electron chi connectivity index (χ1n) is 8.26. The molecule has 0 saturated heterocycles. The molecule has 2 aromatic carbocycles. The SMILES string of the molecule is COc1ccc(OC)c(-c2ccc(SCc3cccc(C(F)(F)F)c3)nn2)c1. The zero-order valence-corrected chi connectivity index (χ0v) is 16.0. The maximum atomic E-state index is 12.8. The van der Waals surface area contributed by atoms with Crippen LogP contribution in [0.15, 0.2) is 59.6 Å². The Labute approximate surface area is 164 Å². The van der Waals surface area contributed by atoms with Crippen molar-refractivity contribution in [1.29, 1.82) is 0 Å². The molecule has 1 heterocycles. The third kappa shape index (κ3) is 4.75. The van der Waals surface area contributed by atoms with Gasteiger partial charge >= 0.3 is 6.18 Å². The van der Waals surface area contributed by atoms with Crippen molar-refractivity contribution in [3.8, 4) is 22.8 Å².